The van der Waals surface area contributed by atoms with Crippen molar-refractivity contribution in [1.29, 1.82) is 0 Å². The number of sulfonamides is 1. The number of fused-ring (bicyclic) bond motifs is 1. The van der Waals surface area contributed by atoms with Gasteiger partial charge in [0.1, 0.15) is 5.82 Å². The largest absolute Gasteiger partial charge is 0.452 e. The molecule has 2 aromatic rings. The number of hydrogen-bond donors (Lipinski definition) is 0. The maximum Gasteiger partial charge on any atom is 0.341 e. The molecule has 3 rings (SSSR count). The molecule has 0 saturated carbocycles. The second kappa shape index (κ2) is 10.7. The van der Waals surface area contributed by atoms with Gasteiger partial charge < -0.3 is 9.64 Å². The van der Waals surface area contributed by atoms with E-state index in [1.165, 1.54) is 4.31 Å². The zero-order valence-electron chi connectivity index (χ0n) is 18.8. The minimum atomic E-state index is -3.88. The van der Waals surface area contributed by atoms with Crippen LogP contribution in [0.25, 0.3) is 0 Å². The van der Waals surface area contributed by atoms with Crippen molar-refractivity contribution in [3.8, 4) is 0 Å². The first-order chi connectivity index (χ1) is 15.7. The molecule has 0 fully saturated rings. The second-order valence-corrected chi connectivity index (χ2v) is 11.0. The van der Waals surface area contributed by atoms with Crippen molar-refractivity contribution < 1.29 is 27.1 Å². The van der Waals surface area contributed by atoms with Crippen LogP contribution in [0.3, 0.4) is 0 Å². The molecule has 0 radical (unpaired) electrons. The maximum absolute atomic E-state index is 14.3. The van der Waals surface area contributed by atoms with Crippen LogP contribution in [0.1, 0.15) is 37.6 Å². The highest BCUT2D eigenvalue weighted by molar-refractivity contribution is 8.00. The number of carbonyl (C=O) groups excluding carboxylic acids is 2. The van der Waals surface area contributed by atoms with Gasteiger partial charge in [-0.25, -0.2) is 17.6 Å². The molecule has 7 nitrogen and oxygen atoms in total. The second-order valence-electron chi connectivity index (χ2n) is 7.54. The monoisotopic (exact) mass is 494 g/mol. The van der Waals surface area contributed by atoms with Gasteiger partial charge in [-0.1, -0.05) is 32.9 Å². The third-order valence-corrected chi connectivity index (χ3v) is 8.66. The number of benzene rings is 2. The Morgan fingerprint density at radius 3 is 2.58 bits per heavy atom. The van der Waals surface area contributed by atoms with Gasteiger partial charge >= 0.3 is 5.97 Å². The van der Waals surface area contributed by atoms with E-state index in [9.17, 15) is 22.4 Å². The van der Waals surface area contributed by atoms with E-state index in [0.29, 0.717) is 11.8 Å². The fourth-order valence-corrected chi connectivity index (χ4v) is 6.16. The van der Waals surface area contributed by atoms with Gasteiger partial charge in [-0.15, -0.1) is 11.8 Å². The average molecular weight is 495 g/mol. The van der Waals surface area contributed by atoms with Crippen molar-refractivity contribution in [3.05, 3.63) is 53.8 Å². The van der Waals surface area contributed by atoms with E-state index in [1.807, 2.05) is 24.3 Å². The summed E-state index contributed by atoms with van der Waals surface area (Å²) in [6.45, 7) is 5.80. The third-order valence-electron chi connectivity index (χ3n) is 5.37. The van der Waals surface area contributed by atoms with Crippen molar-refractivity contribution in [3.63, 3.8) is 0 Å². The molecule has 33 heavy (non-hydrogen) atoms. The van der Waals surface area contributed by atoms with Gasteiger partial charge in [-0.05, 0) is 36.8 Å². The highest BCUT2D eigenvalue weighted by Gasteiger charge is 2.27. The highest BCUT2D eigenvalue weighted by Crippen LogP contribution is 2.37. The van der Waals surface area contributed by atoms with Crippen LogP contribution in [0.5, 0.6) is 0 Å². The van der Waals surface area contributed by atoms with E-state index < -0.39 is 39.9 Å². The van der Waals surface area contributed by atoms with Crippen LogP contribution < -0.4 is 4.90 Å². The van der Waals surface area contributed by atoms with Gasteiger partial charge in [0.05, 0.1) is 16.1 Å². The van der Waals surface area contributed by atoms with Crippen LogP contribution in [0.15, 0.2) is 52.3 Å². The van der Waals surface area contributed by atoms with E-state index in [0.717, 1.165) is 35.2 Å². The van der Waals surface area contributed by atoms with Gasteiger partial charge in [0.25, 0.3) is 5.91 Å². The molecule has 0 aliphatic carbocycles. The summed E-state index contributed by atoms with van der Waals surface area (Å²) in [5.41, 5.74) is 0.211. The Bertz CT molecular complexity index is 1140. The van der Waals surface area contributed by atoms with Crippen LogP contribution in [0, 0.1) is 5.82 Å². The molecule has 0 bridgehead atoms. The fourth-order valence-electron chi connectivity index (χ4n) is 3.56. The first-order valence-electron chi connectivity index (χ1n) is 10.7. The molecule has 1 atom stereocenters. The number of hydrogen-bond acceptors (Lipinski definition) is 6. The van der Waals surface area contributed by atoms with Crippen molar-refractivity contribution in [2.75, 3.05) is 31.1 Å². The van der Waals surface area contributed by atoms with Crippen LogP contribution >= 0.6 is 11.8 Å². The lowest BCUT2D eigenvalue weighted by molar-refractivity contribution is -0.121. The summed E-state index contributed by atoms with van der Waals surface area (Å²) in [6.07, 6.45) is 0.763. The smallest absolute Gasteiger partial charge is 0.341 e. The van der Waals surface area contributed by atoms with E-state index in [4.69, 9.17) is 4.74 Å². The molecular weight excluding hydrogens is 467 g/mol. The molecular formula is C23H27FN2O5S2. The van der Waals surface area contributed by atoms with E-state index >= 15 is 0 Å². The lowest BCUT2D eigenvalue weighted by atomic mass is 10.2. The van der Waals surface area contributed by atoms with Gasteiger partial charge in [0.15, 0.2) is 6.61 Å². The molecule has 1 heterocycles. The number of carbonyl (C=O) groups is 2. The number of esters is 1. The number of para-hydroxylation sites is 1. The van der Waals surface area contributed by atoms with Crippen LogP contribution in [0.4, 0.5) is 10.1 Å². The van der Waals surface area contributed by atoms with Gasteiger partial charge in [-0.2, -0.15) is 4.31 Å². The maximum atomic E-state index is 14.3. The fraction of sp³-hybridized carbons (Fsp3) is 0.391. The van der Waals surface area contributed by atoms with Gasteiger partial charge in [0.2, 0.25) is 10.0 Å². The van der Waals surface area contributed by atoms with Gasteiger partial charge in [0, 0.05) is 29.8 Å². The van der Waals surface area contributed by atoms with Gasteiger partial charge in [-0.3, -0.25) is 4.79 Å². The lowest BCUT2D eigenvalue weighted by Gasteiger charge is -2.22. The van der Waals surface area contributed by atoms with E-state index in [1.54, 1.807) is 30.5 Å². The molecule has 0 spiro atoms. The van der Waals surface area contributed by atoms with E-state index in [-0.39, 0.29) is 18.0 Å². The molecule has 10 heteroatoms. The summed E-state index contributed by atoms with van der Waals surface area (Å²) in [6, 6.07) is 10.5. The Balaban J connectivity index is 1.77. The topological polar surface area (TPSA) is 84.0 Å². The number of halogens is 1. The number of rotatable bonds is 7. The average Bonchev–Trinajstić information content (AvgIpc) is 2.96. The minimum Gasteiger partial charge on any atom is -0.452 e. The molecule has 0 N–H and O–H groups in total. The Hall–Kier alpha value is -2.43. The van der Waals surface area contributed by atoms with Crippen LogP contribution in [-0.2, 0) is 19.6 Å². The molecule has 1 aliphatic rings. The Kier molecular flexibility index (Phi) is 8.14. The standard InChI is InChI=1S/C23H27FN2O5S2/c1-4-25(5-2)33(29,30)17-10-11-19(24)18(14-17)23(28)31-15-22(27)26-13-12-16(3)32-21-9-7-6-8-20(21)26/h6-11,14,16H,4-5,12-13,15H2,1-3H3. The zero-order valence-corrected chi connectivity index (χ0v) is 20.4. The molecule has 0 saturated heterocycles. The summed E-state index contributed by atoms with van der Waals surface area (Å²) in [5, 5.41) is 0.316. The number of ether oxygens (including phenoxy) is 1. The minimum absolute atomic E-state index is 0.210. The first kappa shape index (κ1) is 25.2. The van der Waals surface area contributed by atoms with Crippen molar-refractivity contribution in [2.24, 2.45) is 0 Å². The van der Waals surface area contributed by atoms with Crippen LogP contribution in [-0.4, -0.2) is 56.1 Å². The molecule has 1 amide bonds. The van der Waals surface area contributed by atoms with Crippen molar-refractivity contribution in [2.45, 2.75) is 42.2 Å². The van der Waals surface area contributed by atoms with Crippen molar-refractivity contribution >= 4 is 39.3 Å². The number of anilines is 1. The SMILES string of the molecule is CCN(CC)S(=O)(=O)c1ccc(F)c(C(=O)OCC(=O)N2CCC(C)Sc3ccccc32)c1. The van der Waals surface area contributed by atoms with Crippen molar-refractivity contribution in [1.82, 2.24) is 4.31 Å². The third kappa shape index (κ3) is 5.56. The van der Waals surface area contributed by atoms with Crippen LogP contribution in [0.2, 0.25) is 0 Å². The number of nitrogens with zero attached hydrogens (tertiary/aromatic N) is 2. The first-order valence-corrected chi connectivity index (χ1v) is 13.0. The number of thioether (sulfide) groups is 1. The summed E-state index contributed by atoms with van der Waals surface area (Å²) >= 11 is 1.67. The molecule has 1 aliphatic heterocycles. The predicted octanol–water partition coefficient (Wildman–Crippen LogP) is 3.93. The molecule has 1 unspecified atom stereocenters. The summed E-state index contributed by atoms with van der Waals surface area (Å²) < 4.78 is 46.1. The highest BCUT2D eigenvalue weighted by atomic mass is 32.2. The summed E-state index contributed by atoms with van der Waals surface area (Å²) in [4.78, 5) is 27.8. The molecule has 2 aromatic carbocycles. The lowest BCUT2D eigenvalue weighted by Crippen LogP contribution is -2.36. The summed E-state index contributed by atoms with van der Waals surface area (Å²) in [5.74, 6) is -2.45. The quantitative estimate of drug-likeness (QED) is 0.543. The Labute approximate surface area is 198 Å². The molecule has 0 aromatic heterocycles. The van der Waals surface area contributed by atoms with E-state index in [2.05, 4.69) is 6.92 Å². The Morgan fingerprint density at radius 2 is 1.88 bits per heavy atom. The zero-order chi connectivity index (χ0) is 24.2. The summed E-state index contributed by atoms with van der Waals surface area (Å²) in [7, 11) is -3.88. The predicted molar refractivity (Wildman–Crippen MR) is 126 cm³/mol. The Morgan fingerprint density at radius 1 is 1.18 bits per heavy atom. The molecule has 178 valence electrons. The normalized spacial score (nSPS) is 16.3. The number of amides is 1.